The second-order valence-corrected chi connectivity index (χ2v) is 8.54. The number of rotatable bonds is 3. The molecule has 1 saturated heterocycles. The summed E-state index contributed by atoms with van der Waals surface area (Å²) in [6.45, 7) is 0.850. The van der Waals surface area contributed by atoms with Crippen molar-refractivity contribution in [1.82, 2.24) is 5.32 Å². The third-order valence-electron chi connectivity index (χ3n) is 4.70. The van der Waals surface area contributed by atoms with E-state index in [1.807, 2.05) is 0 Å². The van der Waals surface area contributed by atoms with Crippen LogP contribution in [0.3, 0.4) is 0 Å². The summed E-state index contributed by atoms with van der Waals surface area (Å²) in [4.78, 5) is 38.5. The molecule has 10 heteroatoms. The van der Waals surface area contributed by atoms with Gasteiger partial charge in [0.2, 0.25) is 0 Å². The van der Waals surface area contributed by atoms with Gasteiger partial charge in [0.05, 0.1) is 29.9 Å². The predicted molar refractivity (Wildman–Crippen MR) is 124 cm³/mol. The summed E-state index contributed by atoms with van der Waals surface area (Å²) in [5, 5.41) is 2.58. The summed E-state index contributed by atoms with van der Waals surface area (Å²) in [7, 11) is 1.30. The number of hydrogen-bond donors (Lipinski definition) is 1. The van der Waals surface area contributed by atoms with Crippen LogP contribution in [0.25, 0.3) is 6.08 Å². The highest BCUT2D eigenvalue weighted by atomic mass is 32.2. The molecule has 0 radical (unpaired) electrons. The molecule has 0 bridgehead atoms. The highest BCUT2D eigenvalue weighted by molar-refractivity contribution is 8.26. The van der Waals surface area contributed by atoms with Gasteiger partial charge in [-0.1, -0.05) is 30.0 Å². The number of thioether (sulfide) groups is 1. The summed E-state index contributed by atoms with van der Waals surface area (Å²) in [6, 6.07) is 11.4. The quantitative estimate of drug-likeness (QED) is 0.412. The van der Waals surface area contributed by atoms with Crippen molar-refractivity contribution in [3.63, 3.8) is 0 Å². The topological polar surface area (TPSA) is 94.2 Å². The standard InChI is InChI=1S/C22H18N2O6S2/c1-28-20(26)14-4-6-15(7-5-14)30-22(27)24-9-2-10-29-17-8-3-13(11-16(17)24)12-18-19(25)23-21(31)32-18/h3-8,11-12H,2,9-10H2,1H3,(H,23,25,31)/b18-12+. The SMILES string of the molecule is COC(=O)c1ccc(OC(=O)N2CCCOc3ccc(/C=C4/SC(=S)NC4=O)cc32)cc1. The van der Waals surface area contributed by atoms with Crippen LogP contribution in [-0.2, 0) is 9.53 Å². The molecule has 8 nitrogen and oxygen atoms in total. The van der Waals surface area contributed by atoms with Crippen LogP contribution in [0.15, 0.2) is 47.4 Å². The molecule has 0 aromatic heterocycles. The minimum Gasteiger partial charge on any atom is -0.491 e. The summed E-state index contributed by atoms with van der Waals surface area (Å²) < 4.78 is 16.4. The number of ether oxygens (including phenoxy) is 3. The molecule has 0 spiro atoms. The Bertz CT molecular complexity index is 1130. The largest absolute Gasteiger partial charge is 0.491 e. The smallest absolute Gasteiger partial charge is 0.419 e. The van der Waals surface area contributed by atoms with Gasteiger partial charge in [0.25, 0.3) is 5.91 Å². The number of fused-ring (bicyclic) bond motifs is 1. The molecule has 2 aromatic carbocycles. The number of hydrogen-bond acceptors (Lipinski definition) is 8. The van der Waals surface area contributed by atoms with E-state index < -0.39 is 12.1 Å². The molecular weight excluding hydrogens is 452 g/mol. The van der Waals surface area contributed by atoms with Crippen LogP contribution >= 0.6 is 24.0 Å². The van der Waals surface area contributed by atoms with Gasteiger partial charge in [-0.15, -0.1) is 0 Å². The van der Waals surface area contributed by atoms with E-state index in [1.54, 1.807) is 24.3 Å². The first-order valence-electron chi connectivity index (χ1n) is 9.64. The fourth-order valence-electron chi connectivity index (χ4n) is 3.18. The molecule has 32 heavy (non-hydrogen) atoms. The fraction of sp³-hybridized carbons (Fsp3) is 0.182. The van der Waals surface area contributed by atoms with E-state index in [4.69, 9.17) is 21.7 Å². The molecule has 0 unspecified atom stereocenters. The van der Waals surface area contributed by atoms with Gasteiger partial charge in [-0.05, 0) is 54.5 Å². The van der Waals surface area contributed by atoms with Gasteiger partial charge in [-0.25, -0.2) is 9.59 Å². The number of nitrogens with one attached hydrogen (secondary N) is 1. The third-order valence-corrected chi connectivity index (χ3v) is 5.86. The van der Waals surface area contributed by atoms with Crippen molar-refractivity contribution in [2.45, 2.75) is 6.42 Å². The minimum absolute atomic E-state index is 0.252. The summed E-state index contributed by atoms with van der Waals surface area (Å²) in [5.41, 5.74) is 1.61. The Kier molecular flexibility index (Phi) is 6.42. The number of carbonyl (C=O) groups is 3. The van der Waals surface area contributed by atoms with E-state index in [0.29, 0.717) is 51.5 Å². The van der Waals surface area contributed by atoms with Crippen LogP contribution < -0.4 is 19.7 Å². The number of carbonyl (C=O) groups excluding carboxylic acids is 3. The number of nitrogens with zero attached hydrogens (tertiary/aromatic N) is 1. The van der Waals surface area contributed by atoms with Gasteiger partial charge >= 0.3 is 12.1 Å². The van der Waals surface area contributed by atoms with Crippen molar-refractivity contribution in [2.75, 3.05) is 25.2 Å². The summed E-state index contributed by atoms with van der Waals surface area (Å²) >= 11 is 6.21. The maximum Gasteiger partial charge on any atom is 0.419 e. The van der Waals surface area contributed by atoms with Crippen LogP contribution in [0, 0.1) is 0 Å². The van der Waals surface area contributed by atoms with E-state index in [-0.39, 0.29) is 5.91 Å². The Morgan fingerprint density at radius 1 is 1.22 bits per heavy atom. The lowest BCUT2D eigenvalue weighted by Gasteiger charge is -2.21. The number of thiocarbonyl (C=S) groups is 1. The van der Waals surface area contributed by atoms with E-state index in [1.165, 1.54) is 48.0 Å². The second kappa shape index (κ2) is 9.41. The first-order valence-corrected chi connectivity index (χ1v) is 10.9. The lowest BCUT2D eigenvalue weighted by Crippen LogP contribution is -2.34. The number of amides is 2. The highest BCUT2D eigenvalue weighted by Gasteiger charge is 2.26. The average Bonchev–Trinajstić information content (AvgIpc) is 2.98. The van der Waals surface area contributed by atoms with E-state index in [0.717, 1.165) is 5.56 Å². The number of anilines is 1. The Morgan fingerprint density at radius 2 is 2.00 bits per heavy atom. The Balaban J connectivity index is 1.58. The predicted octanol–water partition coefficient (Wildman–Crippen LogP) is 3.75. The summed E-state index contributed by atoms with van der Waals surface area (Å²) in [6.07, 6.45) is 1.75. The zero-order valence-corrected chi connectivity index (χ0v) is 18.6. The number of esters is 1. The van der Waals surface area contributed by atoms with E-state index in [2.05, 4.69) is 10.1 Å². The molecule has 0 atom stereocenters. The molecule has 1 fully saturated rings. The van der Waals surface area contributed by atoms with E-state index >= 15 is 0 Å². The molecule has 0 aliphatic carbocycles. The van der Waals surface area contributed by atoms with Crippen molar-refractivity contribution in [3.8, 4) is 11.5 Å². The number of methoxy groups -OCH3 is 1. The average molecular weight is 471 g/mol. The van der Waals surface area contributed by atoms with Crippen molar-refractivity contribution >= 4 is 58.0 Å². The lowest BCUT2D eigenvalue weighted by atomic mass is 10.1. The maximum atomic E-state index is 13.0. The van der Waals surface area contributed by atoms with Crippen molar-refractivity contribution in [3.05, 3.63) is 58.5 Å². The Labute approximate surface area is 193 Å². The van der Waals surface area contributed by atoms with Gasteiger partial charge in [-0.3, -0.25) is 9.69 Å². The molecule has 1 N–H and O–H groups in total. The molecule has 2 heterocycles. The number of benzene rings is 2. The van der Waals surface area contributed by atoms with Gasteiger partial charge in [0.1, 0.15) is 15.8 Å². The zero-order chi connectivity index (χ0) is 22.7. The van der Waals surface area contributed by atoms with Crippen LogP contribution in [0.2, 0.25) is 0 Å². The lowest BCUT2D eigenvalue weighted by molar-refractivity contribution is -0.115. The Morgan fingerprint density at radius 3 is 2.69 bits per heavy atom. The fourth-order valence-corrected chi connectivity index (χ4v) is 4.22. The van der Waals surface area contributed by atoms with Crippen LogP contribution in [0.5, 0.6) is 11.5 Å². The first kappa shape index (κ1) is 21.8. The van der Waals surface area contributed by atoms with Crippen molar-refractivity contribution in [2.24, 2.45) is 0 Å². The van der Waals surface area contributed by atoms with Gasteiger partial charge in [0.15, 0.2) is 0 Å². The molecule has 2 aliphatic rings. The van der Waals surface area contributed by atoms with Crippen LogP contribution in [-0.4, -0.2) is 42.6 Å². The minimum atomic E-state index is -0.582. The maximum absolute atomic E-state index is 13.0. The van der Waals surface area contributed by atoms with Gasteiger partial charge in [-0.2, -0.15) is 0 Å². The van der Waals surface area contributed by atoms with Crippen LogP contribution in [0.1, 0.15) is 22.3 Å². The Hall–Kier alpha value is -3.37. The van der Waals surface area contributed by atoms with E-state index in [9.17, 15) is 14.4 Å². The third kappa shape index (κ3) is 4.76. The zero-order valence-electron chi connectivity index (χ0n) is 17.0. The first-order chi connectivity index (χ1) is 15.4. The van der Waals surface area contributed by atoms with Gasteiger partial charge < -0.3 is 19.5 Å². The molecule has 0 saturated carbocycles. The molecule has 2 amide bonds. The molecule has 4 rings (SSSR count). The van der Waals surface area contributed by atoms with Crippen molar-refractivity contribution < 1.29 is 28.6 Å². The second-order valence-electron chi connectivity index (χ2n) is 6.82. The monoisotopic (exact) mass is 470 g/mol. The van der Waals surface area contributed by atoms with Crippen molar-refractivity contribution in [1.29, 1.82) is 0 Å². The molecular formula is C22H18N2O6S2. The van der Waals surface area contributed by atoms with Crippen LogP contribution in [0.4, 0.5) is 10.5 Å². The highest BCUT2D eigenvalue weighted by Crippen LogP contribution is 2.34. The van der Waals surface area contributed by atoms with Gasteiger partial charge in [0, 0.05) is 6.54 Å². The normalized spacial score (nSPS) is 16.7. The molecule has 164 valence electrons. The molecule has 2 aliphatic heterocycles. The summed E-state index contributed by atoms with van der Waals surface area (Å²) in [5.74, 6) is 0.109. The molecule has 2 aromatic rings.